The van der Waals surface area contributed by atoms with E-state index in [2.05, 4.69) is 17.3 Å². The van der Waals surface area contributed by atoms with Gasteiger partial charge in [-0.1, -0.05) is 18.2 Å². The van der Waals surface area contributed by atoms with Crippen LogP contribution in [0.15, 0.2) is 30.3 Å². The monoisotopic (exact) mass is 382 g/mol. The number of piperidine rings is 1. The summed E-state index contributed by atoms with van der Waals surface area (Å²) in [6, 6.07) is 10.6. The summed E-state index contributed by atoms with van der Waals surface area (Å²) < 4.78 is 0. The van der Waals surface area contributed by atoms with Crippen molar-refractivity contribution in [3.05, 3.63) is 30.3 Å². The number of anilines is 1. The summed E-state index contributed by atoms with van der Waals surface area (Å²) in [7, 11) is 2.19. The SMILES string of the molecule is CN1[C@@H]2CC[C@H]1CC(O)C2.Cl.Cl.O.O=C(O)CNc1ccccc1. The Balaban J connectivity index is 0. The number of nitrogens with zero attached hydrogens (tertiary/aromatic N) is 1. The molecule has 8 heteroatoms. The number of carbonyl (C=O) groups is 1. The Kier molecular flexibility index (Phi) is 12.9. The van der Waals surface area contributed by atoms with Crippen LogP contribution in [0.3, 0.4) is 0 Å². The normalized spacial score (nSPS) is 24.2. The molecule has 0 spiro atoms. The van der Waals surface area contributed by atoms with Crippen molar-refractivity contribution in [1.82, 2.24) is 4.90 Å². The zero-order chi connectivity index (χ0) is 15.2. The van der Waals surface area contributed by atoms with E-state index in [0.717, 1.165) is 18.5 Å². The lowest BCUT2D eigenvalue weighted by molar-refractivity contribution is -0.134. The van der Waals surface area contributed by atoms with Gasteiger partial charge in [-0.25, -0.2) is 0 Å². The number of aliphatic carboxylic acids is 1. The molecule has 0 aliphatic carbocycles. The van der Waals surface area contributed by atoms with Crippen LogP contribution in [-0.4, -0.2) is 58.3 Å². The Morgan fingerprint density at radius 1 is 1.17 bits per heavy atom. The van der Waals surface area contributed by atoms with E-state index < -0.39 is 5.97 Å². The predicted octanol–water partition coefficient (Wildman–Crippen LogP) is 1.81. The average Bonchev–Trinajstić information content (AvgIpc) is 2.69. The Hall–Kier alpha value is -1.05. The largest absolute Gasteiger partial charge is 0.480 e. The molecule has 0 saturated carbocycles. The standard InChI is InChI=1S/C8H9NO2.C8H15NO.2ClH.H2O/c10-8(11)6-9-7-4-2-1-3-5-7;1-9-6-2-3-7(9)5-8(10)4-6;;;/h1-5,9H,6H2,(H,10,11);6-8,10H,2-5H2,1H3;2*1H;1H2/t;6-,7+,8?;;;. The van der Waals surface area contributed by atoms with Gasteiger partial charge >= 0.3 is 5.97 Å². The van der Waals surface area contributed by atoms with Gasteiger partial charge in [-0.2, -0.15) is 0 Å². The Morgan fingerprint density at radius 3 is 2.12 bits per heavy atom. The van der Waals surface area contributed by atoms with Gasteiger partial charge in [-0.05, 0) is 44.9 Å². The molecule has 1 unspecified atom stereocenters. The number of aliphatic hydroxyl groups is 1. The van der Waals surface area contributed by atoms with Crippen LogP contribution in [0.25, 0.3) is 0 Å². The fraction of sp³-hybridized carbons (Fsp3) is 0.562. The molecule has 6 nitrogen and oxygen atoms in total. The summed E-state index contributed by atoms with van der Waals surface area (Å²) in [5.74, 6) is -0.853. The summed E-state index contributed by atoms with van der Waals surface area (Å²) in [5.41, 5.74) is 0.829. The van der Waals surface area contributed by atoms with Crippen LogP contribution < -0.4 is 5.32 Å². The first-order chi connectivity index (χ1) is 10.1. The summed E-state index contributed by atoms with van der Waals surface area (Å²) in [6.45, 7) is -0.0377. The fourth-order valence-corrected chi connectivity index (χ4v) is 3.12. The van der Waals surface area contributed by atoms with Crippen LogP contribution in [0.5, 0.6) is 0 Å². The highest BCUT2D eigenvalue weighted by Gasteiger charge is 2.37. The maximum atomic E-state index is 10.1. The van der Waals surface area contributed by atoms with Gasteiger partial charge in [0.1, 0.15) is 6.54 Å². The predicted molar refractivity (Wildman–Crippen MR) is 100 cm³/mol. The van der Waals surface area contributed by atoms with E-state index in [1.54, 1.807) is 0 Å². The second-order valence-corrected chi connectivity index (χ2v) is 5.79. The van der Waals surface area contributed by atoms with Crippen LogP contribution >= 0.6 is 24.8 Å². The Morgan fingerprint density at radius 2 is 1.67 bits per heavy atom. The molecule has 3 atom stereocenters. The van der Waals surface area contributed by atoms with Crippen molar-refractivity contribution in [1.29, 1.82) is 0 Å². The molecular formula is C16H28Cl2N2O4. The van der Waals surface area contributed by atoms with Crippen molar-refractivity contribution in [2.75, 3.05) is 18.9 Å². The van der Waals surface area contributed by atoms with Gasteiger partial charge in [0.2, 0.25) is 0 Å². The van der Waals surface area contributed by atoms with E-state index in [4.69, 9.17) is 5.11 Å². The number of para-hydroxylation sites is 1. The van der Waals surface area contributed by atoms with Gasteiger partial charge in [-0.15, -0.1) is 24.8 Å². The maximum Gasteiger partial charge on any atom is 0.322 e. The number of aliphatic hydroxyl groups excluding tert-OH is 1. The number of carboxylic acids is 1. The Labute approximate surface area is 155 Å². The molecule has 2 fully saturated rings. The fourth-order valence-electron chi connectivity index (χ4n) is 3.12. The molecule has 0 amide bonds. The summed E-state index contributed by atoms with van der Waals surface area (Å²) in [4.78, 5) is 12.5. The minimum absolute atomic E-state index is 0. The molecule has 2 saturated heterocycles. The van der Waals surface area contributed by atoms with Crippen LogP contribution in [0.1, 0.15) is 25.7 Å². The highest BCUT2D eigenvalue weighted by atomic mass is 35.5. The summed E-state index contributed by atoms with van der Waals surface area (Å²) in [5, 5.41) is 20.4. The minimum Gasteiger partial charge on any atom is -0.480 e. The van der Waals surface area contributed by atoms with Crippen molar-refractivity contribution in [2.24, 2.45) is 0 Å². The second kappa shape index (κ2) is 12.3. The van der Waals surface area contributed by atoms with Crippen molar-refractivity contribution in [3.63, 3.8) is 0 Å². The van der Waals surface area contributed by atoms with E-state index in [1.165, 1.54) is 12.8 Å². The van der Waals surface area contributed by atoms with Crippen molar-refractivity contribution < 1.29 is 20.5 Å². The van der Waals surface area contributed by atoms with Gasteiger partial charge in [0.25, 0.3) is 0 Å². The summed E-state index contributed by atoms with van der Waals surface area (Å²) in [6.07, 6.45) is 4.62. The molecule has 1 aromatic carbocycles. The number of halogens is 2. The van der Waals surface area contributed by atoms with Gasteiger partial charge in [0, 0.05) is 17.8 Å². The second-order valence-electron chi connectivity index (χ2n) is 5.79. The topological polar surface area (TPSA) is 104 Å². The van der Waals surface area contributed by atoms with E-state index in [9.17, 15) is 9.90 Å². The maximum absolute atomic E-state index is 10.1. The highest BCUT2D eigenvalue weighted by molar-refractivity contribution is 5.85. The molecule has 3 rings (SSSR count). The van der Waals surface area contributed by atoms with Crippen LogP contribution in [0.4, 0.5) is 5.69 Å². The molecule has 140 valence electrons. The van der Waals surface area contributed by atoms with Crippen molar-refractivity contribution in [3.8, 4) is 0 Å². The van der Waals surface area contributed by atoms with Crippen molar-refractivity contribution >= 4 is 36.5 Å². The number of hydrogen-bond acceptors (Lipinski definition) is 4. The van der Waals surface area contributed by atoms with Crippen LogP contribution in [-0.2, 0) is 4.79 Å². The molecule has 1 aromatic rings. The van der Waals surface area contributed by atoms with Gasteiger partial charge < -0.3 is 25.9 Å². The third-order valence-electron chi connectivity index (χ3n) is 4.29. The first kappa shape index (κ1) is 25.2. The molecular weight excluding hydrogens is 355 g/mol. The number of benzene rings is 1. The van der Waals surface area contributed by atoms with Gasteiger partial charge in [-0.3, -0.25) is 4.79 Å². The van der Waals surface area contributed by atoms with Gasteiger partial charge in [0.15, 0.2) is 0 Å². The lowest BCUT2D eigenvalue weighted by Crippen LogP contribution is -2.41. The zero-order valence-electron chi connectivity index (χ0n) is 13.7. The number of hydrogen-bond donors (Lipinski definition) is 3. The smallest absolute Gasteiger partial charge is 0.322 e. The molecule has 2 bridgehead atoms. The Bertz CT molecular complexity index is 451. The zero-order valence-corrected chi connectivity index (χ0v) is 15.4. The van der Waals surface area contributed by atoms with E-state index in [1.807, 2.05) is 30.3 Å². The average molecular weight is 383 g/mol. The van der Waals surface area contributed by atoms with Crippen LogP contribution in [0.2, 0.25) is 0 Å². The molecule has 0 radical (unpaired) electrons. The summed E-state index contributed by atoms with van der Waals surface area (Å²) >= 11 is 0. The number of carboxylic acid groups (broad SMARTS) is 1. The number of rotatable bonds is 3. The minimum atomic E-state index is -0.853. The first-order valence-electron chi connectivity index (χ1n) is 7.47. The third kappa shape index (κ3) is 7.68. The van der Waals surface area contributed by atoms with Gasteiger partial charge in [0.05, 0.1) is 6.10 Å². The lowest BCUT2D eigenvalue weighted by atomic mass is 10.0. The van der Waals surface area contributed by atoms with E-state index in [-0.39, 0.29) is 42.9 Å². The highest BCUT2D eigenvalue weighted by Crippen LogP contribution is 2.33. The number of fused-ring (bicyclic) bond motifs is 2. The van der Waals surface area contributed by atoms with Crippen molar-refractivity contribution in [2.45, 2.75) is 43.9 Å². The number of nitrogens with one attached hydrogen (secondary N) is 1. The molecule has 2 aliphatic rings. The van der Waals surface area contributed by atoms with Crippen LogP contribution in [0, 0.1) is 0 Å². The first-order valence-corrected chi connectivity index (χ1v) is 7.47. The molecule has 0 aromatic heterocycles. The van der Waals surface area contributed by atoms with E-state index >= 15 is 0 Å². The molecule has 5 N–H and O–H groups in total. The van der Waals surface area contributed by atoms with E-state index in [0.29, 0.717) is 12.1 Å². The molecule has 2 aliphatic heterocycles. The third-order valence-corrected chi connectivity index (χ3v) is 4.29. The molecule has 24 heavy (non-hydrogen) atoms. The lowest BCUT2D eigenvalue weighted by Gasteiger charge is -2.33. The molecule has 2 heterocycles. The quantitative estimate of drug-likeness (QED) is 0.739.